The van der Waals surface area contributed by atoms with E-state index in [1.54, 1.807) is 55.5 Å². The first kappa shape index (κ1) is 23.4. The number of nitrogens with zero attached hydrogens (tertiary/aromatic N) is 1. The maximum Gasteiger partial charge on any atom is 0.344 e. The summed E-state index contributed by atoms with van der Waals surface area (Å²) in [7, 11) is -2.42. The summed E-state index contributed by atoms with van der Waals surface area (Å²) in [4.78, 5) is 24.3. The number of ether oxygens (including phenoxy) is 3. The molecule has 32 heavy (non-hydrogen) atoms. The van der Waals surface area contributed by atoms with Crippen LogP contribution >= 0.6 is 0 Å². The molecule has 1 aliphatic rings. The van der Waals surface area contributed by atoms with E-state index in [0.717, 1.165) is 0 Å². The van der Waals surface area contributed by atoms with Crippen molar-refractivity contribution >= 4 is 33.3 Å². The lowest BCUT2D eigenvalue weighted by Crippen LogP contribution is -2.47. The molecule has 0 aromatic heterocycles. The summed E-state index contributed by atoms with van der Waals surface area (Å²) in [5.41, 5.74) is 0.892. The number of esters is 1. The van der Waals surface area contributed by atoms with E-state index in [0.29, 0.717) is 22.9 Å². The number of anilines is 2. The van der Waals surface area contributed by atoms with Gasteiger partial charge in [-0.25, -0.2) is 13.2 Å². The highest BCUT2D eigenvalue weighted by atomic mass is 32.2. The van der Waals surface area contributed by atoms with E-state index in [2.05, 4.69) is 5.32 Å². The lowest BCUT2D eigenvalue weighted by atomic mass is 10.1. The van der Waals surface area contributed by atoms with Crippen LogP contribution in [0.2, 0.25) is 0 Å². The number of benzene rings is 2. The number of amides is 1. The molecule has 1 aliphatic heterocycles. The first-order valence-corrected chi connectivity index (χ1v) is 11.5. The molecule has 0 spiro atoms. The molecule has 9 nitrogen and oxygen atoms in total. The second kappa shape index (κ2) is 9.47. The van der Waals surface area contributed by atoms with Crippen molar-refractivity contribution in [1.29, 1.82) is 0 Å². The summed E-state index contributed by atoms with van der Waals surface area (Å²) in [6, 6.07) is 12.9. The van der Waals surface area contributed by atoms with Crippen LogP contribution in [-0.4, -0.2) is 51.9 Å². The maximum atomic E-state index is 13.2. The average Bonchev–Trinajstić information content (AvgIpc) is 3.03. The Hall–Kier alpha value is -3.27. The Morgan fingerprint density at radius 3 is 2.28 bits per heavy atom. The molecule has 1 heterocycles. The minimum absolute atomic E-state index is 0.147. The van der Waals surface area contributed by atoms with Crippen LogP contribution in [0, 0.1) is 0 Å². The van der Waals surface area contributed by atoms with Crippen LogP contribution in [0.1, 0.15) is 20.3 Å². The second-order valence-corrected chi connectivity index (χ2v) is 9.62. The Morgan fingerprint density at radius 1 is 1.06 bits per heavy atom. The van der Waals surface area contributed by atoms with E-state index in [9.17, 15) is 18.0 Å². The molecule has 0 aliphatic carbocycles. The highest BCUT2D eigenvalue weighted by Gasteiger charge is 2.54. The van der Waals surface area contributed by atoms with Crippen LogP contribution in [-0.2, 0) is 24.3 Å². The summed E-state index contributed by atoms with van der Waals surface area (Å²) in [5.74, 6) is -0.0682. The molecule has 2 aromatic rings. The third-order valence-electron chi connectivity index (χ3n) is 5.27. The van der Waals surface area contributed by atoms with E-state index < -0.39 is 26.6 Å². The van der Waals surface area contributed by atoms with Crippen molar-refractivity contribution in [2.75, 3.05) is 36.5 Å². The van der Waals surface area contributed by atoms with Gasteiger partial charge in [-0.1, -0.05) is 0 Å². The molecule has 3 rings (SSSR count). The Labute approximate surface area is 187 Å². The summed E-state index contributed by atoms with van der Waals surface area (Å²) in [5, 5.41) is 2.67. The standard InChI is InChI=1S/C22H26N2O7S/c1-4-30-20(25)15-31-19-9-5-16(6-10-19)23-21(26)22(2)13-14-24(32(22,27)28)17-7-11-18(29-3)12-8-17/h5-12H,4,13-15H2,1-3H3,(H,23,26)/t22-/m0/s1. The zero-order chi connectivity index (χ0) is 23.4. The van der Waals surface area contributed by atoms with Gasteiger partial charge in [0, 0.05) is 12.2 Å². The summed E-state index contributed by atoms with van der Waals surface area (Å²) in [6.45, 7) is 3.37. The van der Waals surface area contributed by atoms with Gasteiger partial charge in [-0.2, -0.15) is 0 Å². The number of hydrogen-bond donors (Lipinski definition) is 1. The van der Waals surface area contributed by atoms with Crippen molar-refractivity contribution in [1.82, 2.24) is 0 Å². The van der Waals surface area contributed by atoms with Crippen molar-refractivity contribution in [2.45, 2.75) is 25.0 Å². The molecule has 0 unspecified atom stereocenters. The molecule has 1 atom stereocenters. The molecule has 1 saturated heterocycles. The van der Waals surface area contributed by atoms with E-state index >= 15 is 0 Å². The van der Waals surface area contributed by atoms with Gasteiger partial charge in [0.1, 0.15) is 11.5 Å². The van der Waals surface area contributed by atoms with Crippen LogP contribution in [0.5, 0.6) is 11.5 Å². The van der Waals surface area contributed by atoms with Crippen molar-refractivity contribution in [2.24, 2.45) is 0 Å². The molecule has 1 amide bonds. The SMILES string of the molecule is CCOC(=O)COc1ccc(NC(=O)[C@]2(C)CCN(c3ccc(OC)cc3)S2(=O)=O)cc1. The summed E-state index contributed by atoms with van der Waals surface area (Å²) in [6.07, 6.45) is 0.147. The largest absolute Gasteiger partial charge is 0.497 e. The van der Waals surface area contributed by atoms with Gasteiger partial charge in [0.2, 0.25) is 15.9 Å². The normalized spacial score (nSPS) is 19.3. The van der Waals surface area contributed by atoms with Crippen LogP contribution in [0.4, 0.5) is 11.4 Å². The molecule has 2 aromatic carbocycles. The van der Waals surface area contributed by atoms with Crippen molar-refractivity contribution < 1.29 is 32.2 Å². The van der Waals surface area contributed by atoms with E-state index in [1.807, 2.05) is 0 Å². The minimum Gasteiger partial charge on any atom is -0.497 e. The van der Waals surface area contributed by atoms with E-state index in [4.69, 9.17) is 14.2 Å². The average molecular weight is 463 g/mol. The summed E-state index contributed by atoms with van der Waals surface area (Å²) >= 11 is 0. The van der Waals surface area contributed by atoms with Gasteiger partial charge in [-0.05, 0) is 68.8 Å². The molecule has 0 saturated carbocycles. The van der Waals surface area contributed by atoms with Crippen molar-refractivity contribution in [3.05, 3.63) is 48.5 Å². The quantitative estimate of drug-likeness (QED) is 0.600. The predicted octanol–water partition coefficient (Wildman–Crippen LogP) is 2.57. The Kier molecular flexibility index (Phi) is 6.93. The van der Waals surface area contributed by atoms with Gasteiger partial charge in [0.25, 0.3) is 0 Å². The van der Waals surface area contributed by atoms with Crippen molar-refractivity contribution in [3.8, 4) is 11.5 Å². The van der Waals surface area contributed by atoms with Gasteiger partial charge in [0.05, 0.1) is 19.4 Å². The number of hydrogen-bond acceptors (Lipinski definition) is 7. The predicted molar refractivity (Wildman–Crippen MR) is 119 cm³/mol. The van der Waals surface area contributed by atoms with Crippen LogP contribution in [0.3, 0.4) is 0 Å². The second-order valence-electron chi connectivity index (χ2n) is 7.33. The molecule has 172 valence electrons. The first-order valence-electron chi connectivity index (χ1n) is 10.1. The third-order valence-corrected chi connectivity index (χ3v) is 7.77. The number of nitrogens with one attached hydrogen (secondary N) is 1. The monoisotopic (exact) mass is 462 g/mol. The molecule has 0 bridgehead atoms. The molecule has 1 fully saturated rings. The molecule has 1 N–H and O–H groups in total. The Balaban J connectivity index is 1.68. The highest BCUT2D eigenvalue weighted by molar-refractivity contribution is 7.95. The number of carbonyl (C=O) groups is 2. The number of methoxy groups -OCH3 is 1. The fourth-order valence-electron chi connectivity index (χ4n) is 3.30. The lowest BCUT2D eigenvalue weighted by Gasteiger charge is -2.25. The lowest BCUT2D eigenvalue weighted by molar-refractivity contribution is -0.145. The zero-order valence-corrected chi connectivity index (χ0v) is 19.0. The van der Waals surface area contributed by atoms with Gasteiger partial charge < -0.3 is 19.5 Å². The maximum absolute atomic E-state index is 13.2. The molecule has 10 heteroatoms. The van der Waals surface area contributed by atoms with Gasteiger partial charge in [-0.3, -0.25) is 9.10 Å². The van der Waals surface area contributed by atoms with E-state index in [1.165, 1.54) is 18.3 Å². The first-order chi connectivity index (χ1) is 15.2. The highest BCUT2D eigenvalue weighted by Crippen LogP contribution is 2.38. The van der Waals surface area contributed by atoms with Crippen LogP contribution in [0.25, 0.3) is 0 Å². The fourth-order valence-corrected chi connectivity index (χ4v) is 5.15. The third kappa shape index (κ3) is 4.64. The van der Waals surface area contributed by atoms with Gasteiger partial charge in [-0.15, -0.1) is 0 Å². The van der Waals surface area contributed by atoms with E-state index in [-0.39, 0.29) is 26.2 Å². The summed E-state index contributed by atoms with van der Waals surface area (Å²) < 4.78 is 41.3. The van der Waals surface area contributed by atoms with Gasteiger partial charge in [0.15, 0.2) is 11.4 Å². The van der Waals surface area contributed by atoms with Crippen LogP contribution < -0.4 is 19.1 Å². The number of carbonyl (C=O) groups excluding carboxylic acids is 2. The molecular formula is C22H26N2O7S. The molecular weight excluding hydrogens is 436 g/mol. The zero-order valence-electron chi connectivity index (χ0n) is 18.2. The smallest absolute Gasteiger partial charge is 0.344 e. The minimum atomic E-state index is -3.95. The topological polar surface area (TPSA) is 111 Å². The number of sulfonamides is 1. The van der Waals surface area contributed by atoms with Crippen molar-refractivity contribution in [3.63, 3.8) is 0 Å². The number of rotatable bonds is 8. The van der Waals surface area contributed by atoms with Crippen LogP contribution in [0.15, 0.2) is 48.5 Å². The molecule has 0 radical (unpaired) electrons. The Bertz CT molecular complexity index is 1070. The Morgan fingerprint density at radius 2 is 1.69 bits per heavy atom. The fraction of sp³-hybridized carbons (Fsp3) is 0.364. The van der Waals surface area contributed by atoms with Gasteiger partial charge >= 0.3 is 5.97 Å².